The number of rotatable bonds is 3. The molecule has 0 unspecified atom stereocenters. The van der Waals surface area contributed by atoms with Gasteiger partial charge in [-0.25, -0.2) is 9.97 Å². The third-order valence-electron chi connectivity index (χ3n) is 4.97. The molecule has 3 heterocycles. The van der Waals surface area contributed by atoms with Crippen LogP contribution in [0.1, 0.15) is 22.4 Å². The van der Waals surface area contributed by atoms with Gasteiger partial charge in [-0.15, -0.1) is 0 Å². The number of nitrogens with zero attached hydrogens (tertiary/aromatic N) is 4. The Bertz CT molecular complexity index is 1070. The van der Waals surface area contributed by atoms with E-state index >= 15 is 0 Å². The molecule has 0 atom stereocenters. The predicted octanol–water partition coefficient (Wildman–Crippen LogP) is 2.85. The molecule has 0 saturated heterocycles. The standard InChI is InChI=1S/C20H18F3N5O/c21-20(22,23)15-4-2-1-3-13(15)12-28-9-5-14-16(6-10-28)26-18(27-19(14)29)17-11-24-7-8-25-17/h1-4,7-8,11H,5-6,9-10,12H2,(H,26,27,29). The Balaban J connectivity index is 1.57. The summed E-state index contributed by atoms with van der Waals surface area (Å²) in [6.45, 7) is 1.16. The molecule has 0 amide bonds. The summed E-state index contributed by atoms with van der Waals surface area (Å²) in [4.78, 5) is 29.9. The van der Waals surface area contributed by atoms with Gasteiger partial charge in [-0.05, 0) is 18.1 Å². The molecule has 0 fully saturated rings. The van der Waals surface area contributed by atoms with Gasteiger partial charge in [0, 0.05) is 44.0 Å². The Hall–Kier alpha value is -3.07. The second-order valence-corrected chi connectivity index (χ2v) is 6.86. The van der Waals surface area contributed by atoms with Gasteiger partial charge in [0.05, 0.1) is 17.5 Å². The second-order valence-electron chi connectivity index (χ2n) is 6.86. The van der Waals surface area contributed by atoms with Gasteiger partial charge in [0.25, 0.3) is 5.56 Å². The topological polar surface area (TPSA) is 74.8 Å². The van der Waals surface area contributed by atoms with Gasteiger partial charge >= 0.3 is 6.18 Å². The second kappa shape index (κ2) is 7.75. The van der Waals surface area contributed by atoms with Crippen molar-refractivity contribution >= 4 is 0 Å². The SMILES string of the molecule is O=c1[nH]c(-c2cnccn2)nc2c1CCN(Cc1ccccc1C(F)(F)F)CC2. The van der Waals surface area contributed by atoms with E-state index in [1.165, 1.54) is 30.7 Å². The van der Waals surface area contributed by atoms with Gasteiger partial charge in [-0.2, -0.15) is 13.2 Å². The molecule has 0 radical (unpaired) electrons. The summed E-state index contributed by atoms with van der Waals surface area (Å²) in [5.74, 6) is 0.345. The van der Waals surface area contributed by atoms with E-state index in [4.69, 9.17) is 0 Å². The zero-order valence-corrected chi connectivity index (χ0v) is 15.4. The van der Waals surface area contributed by atoms with Gasteiger partial charge < -0.3 is 4.98 Å². The molecular formula is C20H18F3N5O. The highest BCUT2D eigenvalue weighted by atomic mass is 19.4. The number of alkyl halides is 3. The summed E-state index contributed by atoms with van der Waals surface area (Å²) in [7, 11) is 0. The van der Waals surface area contributed by atoms with Crippen LogP contribution in [0.5, 0.6) is 0 Å². The van der Waals surface area contributed by atoms with Crippen molar-refractivity contribution in [2.75, 3.05) is 13.1 Å². The van der Waals surface area contributed by atoms with Crippen LogP contribution in [-0.4, -0.2) is 37.9 Å². The van der Waals surface area contributed by atoms with E-state index in [2.05, 4.69) is 19.9 Å². The highest BCUT2D eigenvalue weighted by Crippen LogP contribution is 2.32. The molecule has 1 aliphatic heterocycles. The van der Waals surface area contributed by atoms with Crippen LogP contribution in [0, 0.1) is 0 Å². The van der Waals surface area contributed by atoms with Crippen molar-refractivity contribution in [1.29, 1.82) is 0 Å². The van der Waals surface area contributed by atoms with Gasteiger partial charge in [-0.3, -0.25) is 14.7 Å². The Morgan fingerprint density at radius 2 is 1.90 bits per heavy atom. The zero-order chi connectivity index (χ0) is 20.4. The van der Waals surface area contributed by atoms with Gasteiger partial charge in [0.1, 0.15) is 5.69 Å². The van der Waals surface area contributed by atoms with Crippen LogP contribution in [0.2, 0.25) is 0 Å². The minimum atomic E-state index is -4.39. The number of aromatic nitrogens is 4. The minimum absolute atomic E-state index is 0.165. The van der Waals surface area contributed by atoms with Crippen molar-refractivity contribution in [3.63, 3.8) is 0 Å². The molecule has 2 aromatic heterocycles. The first-order valence-corrected chi connectivity index (χ1v) is 9.18. The molecule has 150 valence electrons. The summed E-state index contributed by atoms with van der Waals surface area (Å²) < 4.78 is 39.8. The summed E-state index contributed by atoms with van der Waals surface area (Å²) in [5, 5.41) is 0. The maximum Gasteiger partial charge on any atom is 0.416 e. The van der Waals surface area contributed by atoms with Gasteiger partial charge in [-0.1, -0.05) is 18.2 Å². The zero-order valence-electron chi connectivity index (χ0n) is 15.4. The molecule has 9 heteroatoms. The van der Waals surface area contributed by atoms with Gasteiger partial charge in [0.15, 0.2) is 5.82 Å². The van der Waals surface area contributed by atoms with Crippen LogP contribution >= 0.6 is 0 Å². The highest BCUT2D eigenvalue weighted by molar-refractivity contribution is 5.47. The van der Waals surface area contributed by atoms with Crippen molar-refractivity contribution in [3.05, 3.63) is 75.6 Å². The number of aromatic amines is 1. The minimum Gasteiger partial charge on any atom is -0.305 e. The fourth-order valence-electron chi connectivity index (χ4n) is 3.53. The molecule has 1 aromatic carbocycles. The first-order chi connectivity index (χ1) is 13.9. The van der Waals surface area contributed by atoms with Crippen LogP contribution in [0.3, 0.4) is 0 Å². The summed E-state index contributed by atoms with van der Waals surface area (Å²) in [6, 6.07) is 5.60. The molecule has 0 bridgehead atoms. The molecule has 0 spiro atoms. The third kappa shape index (κ3) is 4.19. The van der Waals surface area contributed by atoms with Crippen molar-refractivity contribution < 1.29 is 13.2 Å². The fraction of sp³-hybridized carbons (Fsp3) is 0.300. The molecule has 4 rings (SSSR count). The lowest BCUT2D eigenvalue weighted by Gasteiger charge is -2.22. The Morgan fingerprint density at radius 1 is 1.10 bits per heavy atom. The smallest absolute Gasteiger partial charge is 0.305 e. The number of fused-ring (bicyclic) bond motifs is 1. The van der Waals surface area contributed by atoms with Crippen molar-refractivity contribution in [2.24, 2.45) is 0 Å². The number of benzene rings is 1. The summed E-state index contributed by atoms with van der Waals surface area (Å²) in [5.41, 5.74) is 1.06. The largest absolute Gasteiger partial charge is 0.416 e. The Labute approximate surface area is 164 Å². The van der Waals surface area contributed by atoms with Crippen molar-refractivity contribution in [1.82, 2.24) is 24.8 Å². The van der Waals surface area contributed by atoms with E-state index in [1.807, 2.05) is 4.90 Å². The lowest BCUT2D eigenvalue weighted by atomic mass is 10.1. The van der Waals surface area contributed by atoms with Crippen LogP contribution in [0.15, 0.2) is 47.7 Å². The molecule has 6 nitrogen and oxygen atoms in total. The van der Waals surface area contributed by atoms with Crippen LogP contribution < -0.4 is 5.56 Å². The van der Waals surface area contributed by atoms with E-state index in [-0.39, 0.29) is 17.7 Å². The van der Waals surface area contributed by atoms with E-state index < -0.39 is 11.7 Å². The molecule has 0 saturated carbocycles. The number of nitrogens with one attached hydrogen (secondary N) is 1. The lowest BCUT2D eigenvalue weighted by Crippen LogP contribution is -2.27. The van der Waals surface area contributed by atoms with Crippen LogP contribution in [0.25, 0.3) is 11.5 Å². The normalized spacial score (nSPS) is 15.0. The quantitative estimate of drug-likeness (QED) is 0.731. The van der Waals surface area contributed by atoms with Crippen molar-refractivity contribution in [2.45, 2.75) is 25.6 Å². The predicted molar refractivity (Wildman–Crippen MR) is 100 cm³/mol. The monoisotopic (exact) mass is 401 g/mol. The van der Waals surface area contributed by atoms with Crippen LogP contribution in [0.4, 0.5) is 13.2 Å². The molecular weight excluding hydrogens is 383 g/mol. The van der Waals surface area contributed by atoms with E-state index in [0.29, 0.717) is 48.7 Å². The maximum absolute atomic E-state index is 13.3. The molecule has 29 heavy (non-hydrogen) atoms. The van der Waals surface area contributed by atoms with Crippen LogP contribution in [-0.2, 0) is 25.6 Å². The third-order valence-corrected chi connectivity index (χ3v) is 4.97. The highest BCUT2D eigenvalue weighted by Gasteiger charge is 2.33. The van der Waals surface area contributed by atoms with E-state index in [9.17, 15) is 18.0 Å². The molecule has 1 aliphatic rings. The van der Waals surface area contributed by atoms with E-state index in [0.717, 1.165) is 6.07 Å². The molecule has 3 aromatic rings. The number of halogens is 3. The summed E-state index contributed by atoms with van der Waals surface area (Å²) in [6.07, 6.45) is 1.06. The average molecular weight is 401 g/mol. The van der Waals surface area contributed by atoms with Crippen molar-refractivity contribution in [3.8, 4) is 11.5 Å². The Morgan fingerprint density at radius 3 is 2.66 bits per heavy atom. The lowest BCUT2D eigenvalue weighted by molar-refractivity contribution is -0.138. The molecule has 0 aliphatic carbocycles. The first kappa shape index (κ1) is 19.3. The fourth-order valence-corrected chi connectivity index (χ4v) is 3.53. The maximum atomic E-state index is 13.3. The van der Waals surface area contributed by atoms with Gasteiger partial charge in [0.2, 0.25) is 0 Å². The number of H-pyrrole nitrogens is 1. The number of hydrogen-bond donors (Lipinski definition) is 1. The average Bonchev–Trinajstić information content (AvgIpc) is 2.91. The Kier molecular flexibility index (Phi) is 5.14. The van der Waals surface area contributed by atoms with E-state index in [1.54, 1.807) is 6.07 Å². The molecule has 1 N–H and O–H groups in total. The summed E-state index contributed by atoms with van der Waals surface area (Å²) >= 11 is 0. The number of hydrogen-bond acceptors (Lipinski definition) is 5. The first-order valence-electron chi connectivity index (χ1n) is 9.18.